The molecule has 0 saturated carbocycles. The van der Waals surface area contributed by atoms with E-state index in [0.717, 1.165) is 25.7 Å². The van der Waals surface area contributed by atoms with Crippen LogP contribution in [0.3, 0.4) is 0 Å². The first-order valence-electron chi connectivity index (χ1n) is 9.82. The van der Waals surface area contributed by atoms with Crippen molar-refractivity contribution in [3.63, 3.8) is 0 Å². The number of ether oxygens (including phenoxy) is 1. The Morgan fingerprint density at radius 3 is 2.50 bits per heavy atom. The first-order valence-corrected chi connectivity index (χ1v) is 11.3. The molecule has 0 atom stereocenters. The number of fused-ring (bicyclic) bond motifs is 1. The maximum absolute atomic E-state index is 13.9. The summed E-state index contributed by atoms with van der Waals surface area (Å²) in [6, 6.07) is 7.39. The molecule has 0 spiro atoms. The number of nitrogens with zero attached hydrogens (tertiary/aromatic N) is 4. The maximum atomic E-state index is 13.9. The summed E-state index contributed by atoms with van der Waals surface area (Å²) < 4.78 is 48.8. The van der Waals surface area contributed by atoms with Gasteiger partial charge in [-0.15, -0.1) is 5.10 Å². The Labute approximate surface area is 173 Å². The van der Waals surface area contributed by atoms with Crippen LogP contribution in [0.5, 0.6) is 5.75 Å². The summed E-state index contributed by atoms with van der Waals surface area (Å²) in [5.74, 6) is -0.415. The number of hydrogen-bond acceptors (Lipinski definition) is 5. The van der Waals surface area contributed by atoms with Crippen LogP contribution >= 0.6 is 0 Å². The molecule has 2 aromatic heterocycles. The van der Waals surface area contributed by atoms with Gasteiger partial charge in [-0.2, -0.15) is 4.31 Å². The molecule has 1 aliphatic rings. The lowest BCUT2D eigenvalue weighted by Gasteiger charge is -2.19. The molecule has 3 aromatic rings. The van der Waals surface area contributed by atoms with Gasteiger partial charge in [-0.3, -0.25) is 0 Å². The van der Waals surface area contributed by atoms with Crippen molar-refractivity contribution >= 4 is 15.7 Å². The van der Waals surface area contributed by atoms with Crippen LogP contribution in [0.4, 0.5) is 4.39 Å². The zero-order chi connectivity index (χ0) is 21.3. The van der Waals surface area contributed by atoms with Crippen LogP contribution in [0, 0.1) is 5.82 Å². The van der Waals surface area contributed by atoms with E-state index < -0.39 is 21.5 Å². The topological polar surface area (TPSA) is 85.9 Å². The predicted molar refractivity (Wildman–Crippen MR) is 109 cm³/mol. The van der Waals surface area contributed by atoms with Crippen LogP contribution in [0.15, 0.2) is 46.2 Å². The van der Waals surface area contributed by atoms with Crippen molar-refractivity contribution in [3.05, 3.63) is 58.4 Å². The molecule has 3 heterocycles. The number of benzene rings is 1. The summed E-state index contributed by atoms with van der Waals surface area (Å²) in [5.41, 5.74) is 0.370. The zero-order valence-corrected chi connectivity index (χ0v) is 17.4. The monoisotopic (exact) mass is 434 g/mol. The molecule has 0 amide bonds. The fraction of sp³-hybridized carbons (Fsp3) is 0.400. The van der Waals surface area contributed by atoms with Gasteiger partial charge in [0.2, 0.25) is 10.0 Å². The lowest BCUT2D eigenvalue weighted by molar-refractivity contribution is 0.386. The van der Waals surface area contributed by atoms with E-state index in [1.54, 1.807) is 6.07 Å². The quantitative estimate of drug-likeness (QED) is 0.615. The van der Waals surface area contributed by atoms with Crippen molar-refractivity contribution in [2.24, 2.45) is 0 Å². The van der Waals surface area contributed by atoms with Crippen LogP contribution in [0.1, 0.15) is 31.2 Å². The van der Waals surface area contributed by atoms with Gasteiger partial charge >= 0.3 is 5.69 Å². The molecule has 0 unspecified atom stereocenters. The number of pyridine rings is 1. The third-order valence-corrected chi connectivity index (χ3v) is 7.18. The highest BCUT2D eigenvalue weighted by atomic mass is 32.2. The minimum atomic E-state index is -3.68. The fourth-order valence-corrected chi connectivity index (χ4v) is 5.18. The predicted octanol–water partition coefficient (Wildman–Crippen LogP) is 2.26. The Morgan fingerprint density at radius 2 is 1.83 bits per heavy atom. The summed E-state index contributed by atoms with van der Waals surface area (Å²) in [5, 5.41) is 4.24. The van der Waals surface area contributed by atoms with Crippen molar-refractivity contribution in [2.75, 3.05) is 20.2 Å². The van der Waals surface area contributed by atoms with E-state index in [-0.39, 0.29) is 17.2 Å². The molecule has 8 nitrogen and oxygen atoms in total. The molecule has 0 aliphatic carbocycles. The second-order valence-corrected chi connectivity index (χ2v) is 9.26. The van der Waals surface area contributed by atoms with E-state index in [9.17, 15) is 17.6 Å². The van der Waals surface area contributed by atoms with Crippen molar-refractivity contribution in [2.45, 2.75) is 37.1 Å². The number of halogens is 1. The molecule has 1 aromatic carbocycles. The van der Waals surface area contributed by atoms with Gasteiger partial charge in [0.05, 0.1) is 18.6 Å². The lowest BCUT2D eigenvalue weighted by Crippen LogP contribution is -2.32. The van der Waals surface area contributed by atoms with E-state index in [1.165, 1.54) is 51.0 Å². The number of hydrogen-bond donors (Lipinski definition) is 0. The van der Waals surface area contributed by atoms with Gasteiger partial charge in [-0.05, 0) is 42.7 Å². The highest BCUT2D eigenvalue weighted by molar-refractivity contribution is 7.89. The van der Waals surface area contributed by atoms with E-state index in [4.69, 9.17) is 4.74 Å². The second kappa shape index (κ2) is 8.19. The summed E-state index contributed by atoms with van der Waals surface area (Å²) in [6.07, 6.45) is 5.01. The van der Waals surface area contributed by atoms with Gasteiger partial charge < -0.3 is 4.74 Å². The molecule has 1 saturated heterocycles. The van der Waals surface area contributed by atoms with Gasteiger partial charge in [-0.25, -0.2) is 26.7 Å². The minimum absolute atomic E-state index is 0.0512. The highest BCUT2D eigenvalue weighted by Gasteiger charge is 2.26. The van der Waals surface area contributed by atoms with Crippen molar-refractivity contribution in [3.8, 4) is 5.75 Å². The Bertz CT molecular complexity index is 1230. The average Bonchev–Trinajstić information content (AvgIpc) is 2.91. The second-order valence-electron chi connectivity index (χ2n) is 7.32. The number of methoxy groups -OCH3 is 1. The Balaban J connectivity index is 1.66. The Morgan fingerprint density at radius 1 is 1.10 bits per heavy atom. The van der Waals surface area contributed by atoms with Gasteiger partial charge in [-0.1, -0.05) is 18.9 Å². The van der Waals surface area contributed by atoms with E-state index in [2.05, 4.69) is 5.10 Å². The van der Waals surface area contributed by atoms with E-state index in [0.29, 0.717) is 24.3 Å². The third-order valence-electron chi connectivity index (χ3n) is 5.30. The van der Waals surface area contributed by atoms with Crippen molar-refractivity contribution in [1.82, 2.24) is 18.5 Å². The summed E-state index contributed by atoms with van der Waals surface area (Å²) in [7, 11) is -2.31. The minimum Gasteiger partial charge on any atom is -0.494 e. The van der Waals surface area contributed by atoms with Gasteiger partial charge in [0.1, 0.15) is 0 Å². The van der Waals surface area contributed by atoms with Crippen LogP contribution in [-0.2, 0) is 16.6 Å². The first kappa shape index (κ1) is 20.5. The molecule has 1 aliphatic heterocycles. The van der Waals surface area contributed by atoms with E-state index >= 15 is 0 Å². The first-order chi connectivity index (χ1) is 14.4. The van der Waals surface area contributed by atoms with Crippen LogP contribution in [-0.4, -0.2) is 47.1 Å². The smallest absolute Gasteiger partial charge is 0.350 e. The molecular formula is C20H23FN4O4S. The molecule has 10 heteroatoms. The van der Waals surface area contributed by atoms with Crippen LogP contribution in [0.25, 0.3) is 5.65 Å². The van der Waals surface area contributed by atoms with Gasteiger partial charge in [0, 0.05) is 19.3 Å². The lowest BCUT2D eigenvalue weighted by atomic mass is 10.2. The highest BCUT2D eigenvalue weighted by Crippen LogP contribution is 2.21. The summed E-state index contributed by atoms with van der Waals surface area (Å²) in [6.45, 7) is 1.02. The third kappa shape index (κ3) is 3.84. The van der Waals surface area contributed by atoms with Gasteiger partial charge in [0.25, 0.3) is 0 Å². The molecule has 1 fully saturated rings. The zero-order valence-electron chi connectivity index (χ0n) is 16.6. The number of aromatic nitrogens is 3. The fourth-order valence-electron chi connectivity index (χ4n) is 3.67. The largest absolute Gasteiger partial charge is 0.494 e. The molecule has 30 heavy (non-hydrogen) atoms. The molecule has 0 bridgehead atoms. The molecular weight excluding hydrogens is 411 g/mol. The molecule has 0 N–H and O–H groups in total. The van der Waals surface area contributed by atoms with Crippen molar-refractivity contribution in [1.29, 1.82) is 0 Å². The van der Waals surface area contributed by atoms with Crippen molar-refractivity contribution < 1.29 is 17.5 Å². The van der Waals surface area contributed by atoms with Crippen LogP contribution in [0.2, 0.25) is 0 Å². The Hall–Kier alpha value is -2.72. The SMILES string of the molecule is COc1ccc(Cn2nc3ccc(S(=O)(=O)N4CCCCCC4)cn3c2=O)cc1F. The standard InChI is InChI=1S/C20H23FN4O4S/c1-29-18-8-6-15(12-17(18)21)13-25-20(26)24-14-16(7-9-19(24)22-25)30(27,28)23-10-4-2-3-5-11-23/h6-9,12,14H,2-5,10-11,13H2,1H3. The molecule has 0 radical (unpaired) electrons. The molecule has 4 rings (SSSR count). The number of sulfonamides is 1. The summed E-state index contributed by atoms with van der Waals surface area (Å²) in [4.78, 5) is 12.9. The normalized spacial score (nSPS) is 15.9. The summed E-state index contributed by atoms with van der Waals surface area (Å²) >= 11 is 0. The molecule has 160 valence electrons. The maximum Gasteiger partial charge on any atom is 0.350 e. The Kier molecular flexibility index (Phi) is 5.61. The average molecular weight is 434 g/mol. The number of rotatable bonds is 5. The van der Waals surface area contributed by atoms with Crippen LogP contribution < -0.4 is 10.4 Å². The van der Waals surface area contributed by atoms with E-state index in [1.807, 2.05) is 0 Å². The van der Waals surface area contributed by atoms with Gasteiger partial charge in [0.15, 0.2) is 17.2 Å².